The smallest absolute Gasteiger partial charge is 0.317 e. The number of piperazine rings is 1. The van der Waals surface area contributed by atoms with E-state index in [2.05, 4.69) is 4.90 Å². The van der Waals surface area contributed by atoms with E-state index in [1.54, 1.807) is 9.80 Å². The first kappa shape index (κ1) is 18.6. The number of carbonyl (C=O) groups excluding carboxylic acids is 1. The number of amides is 1. The highest BCUT2D eigenvalue weighted by Crippen LogP contribution is 2.27. The van der Waals surface area contributed by atoms with Crippen LogP contribution in [0.15, 0.2) is 0 Å². The SMILES string of the molecule is O=C(O)CN1CCN(C(=O)CCN2CCCCC2)[C@H]2CS(=O)(=O)C[C@H]21. The van der Waals surface area contributed by atoms with Crippen LogP contribution in [0.25, 0.3) is 0 Å². The normalized spacial score (nSPS) is 30.2. The average molecular weight is 373 g/mol. The Balaban J connectivity index is 1.63. The lowest BCUT2D eigenvalue weighted by atomic mass is 10.0. The van der Waals surface area contributed by atoms with Crippen LogP contribution in [-0.2, 0) is 19.4 Å². The second-order valence-electron chi connectivity index (χ2n) is 7.32. The van der Waals surface area contributed by atoms with E-state index in [1.165, 1.54) is 19.3 Å². The topological polar surface area (TPSA) is 98.2 Å². The number of carboxylic acid groups (broad SMARTS) is 1. The van der Waals surface area contributed by atoms with Gasteiger partial charge in [-0.3, -0.25) is 14.5 Å². The van der Waals surface area contributed by atoms with Gasteiger partial charge in [-0.15, -0.1) is 0 Å². The highest BCUT2D eigenvalue weighted by molar-refractivity contribution is 7.91. The molecule has 0 aromatic rings. The Labute approximate surface area is 148 Å². The molecular weight excluding hydrogens is 346 g/mol. The molecule has 3 aliphatic rings. The number of fused-ring (bicyclic) bond motifs is 1. The van der Waals surface area contributed by atoms with Crippen LogP contribution in [0.2, 0.25) is 0 Å². The van der Waals surface area contributed by atoms with Gasteiger partial charge in [-0.25, -0.2) is 8.42 Å². The minimum atomic E-state index is -3.24. The number of sulfone groups is 1. The molecule has 8 nitrogen and oxygen atoms in total. The van der Waals surface area contributed by atoms with Crippen molar-refractivity contribution in [2.75, 3.05) is 50.8 Å². The summed E-state index contributed by atoms with van der Waals surface area (Å²) in [6.45, 7) is 3.42. The van der Waals surface area contributed by atoms with Gasteiger partial charge in [0.2, 0.25) is 5.91 Å². The van der Waals surface area contributed by atoms with Crippen LogP contribution in [0.5, 0.6) is 0 Å². The molecule has 1 N–H and O–H groups in total. The molecule has 0 bridgehead atoms. The van der Waals surface area contributed by atoms with Crippen molar-refractivity contribution < 1.29 is 23.1 Å². The van der Waals surface area contributed by atoms with E-state index >= 15 is 0 Å². The first-order chi connectivity index (χ1) is 11.9. The maximum absolute atomic E-state index is 12.7. The van der Waals surface area contributed by atoms with Crippen molar-refractivity contribution >= 4 is 21.7 Å². The summed E-state index contributed by atoms with van der Waals surface area (Å²) in [5, 5.41) is 9.04. The maximum Gasteiger partial charge on any atom is 0.317 e. The Kier molecular flexibility index (Phi) is 5.65. The number of piperidine rings is 1. The second-order valence-corrected chi connectivity index (χ2v) is 9.47. The van der Waals surface area contributed by atoms with Gasteiger partial charge in [-0.1, -0.05) is 6.42 Å². The number of carboxylic acids is 1. The van der Waals surface area contributed by atoms with Crippen molar-refractivity contribution in [3.8, 4) is 0 Å². The molecule has 0 aliphatic carbocycles. The van der Waals surface area contributed by atoms with Gasteiger partial charge in [0.1, 0.15) is 0 Å². The first-order valence-corrected chi connectivity index (χ1v) is 10.9. The third kappa shape index (κ3) is 4.51. The molecule has 25 heavy (non-hydrogen) atoms. The molecule has 0 aromatic carbocycles. The van der Waals surface area contributed by atoms with Crippen molar-refractivity contribution in [1.82, 2.24) is 14.7 Å². The quantitative estimate of drug-likeness (QED) is 0.677. The highest BCUT2D eigenvalue weighted by atomic mass is 32.2. The molecule has 0 spiro atoms. The van der Waals surface area contributed by atoms with Gasteiger partial charge >= 0.3 is 5.97 Å². The number of hydrogen-bond acceptors (Lipinski definition) is 6. The fourth-order valence-electron chi connectivity index (χ4n) is 4.28. The lowest BCUT2D eigenvalue weighted by Crippen LogP contribution is -2.61. The highest BCUT2D eigenvalue weighted by Gasteiger charge is 2.48. The van der Waals surface area contributed by atoms with E-state index in [4.69, 9.17) is 5.11 Å². The molecule has 0 unspecified atom stereocenters. The van der Waals surface area contributed by atoms with Crippen LogP contribution in [0, 0.1) is 0 Å². The third-order valence-electron chi connectivity index (χ3n) is 5.54. The number of hydrogen-bond donors (Lipinski definition) is 1. The molecular formula is C16H27N3O5S. The number of nitrogens with zero attached hydrogens (tertiary/aromatic N) is 3. The average Bonchev–Trinajstić information content (AvgIpc) is 2.89. The van der Waals surface area contributed by atoms with E-state index in [1.807, 2.05) is 0 Å². The van der Waals surface area contributed by atoms with E-state index in [0.717, 1.165) is 19.6 Å². The van der Waals surface area contributed by atoms with Crippen LogP contribution >= 0.6 is 0 Å². The molecule has 3 saturated heterocycles. The summed E-state index contributed by atoms with van der Waals surface area (Å²) >= 11 is 0. The van der Waals surface area contributed by atoms with Gasteiger partial charge in [-0.05, 0) is 25.9 Å². The Bertz CT molecular complexity index is 617. The molecule has 3 heterocycles. The Hall–Kier alpha value is -1.19. The standard InChI is InChI=1S/C16H27N3O5S/c20-15(4-7-17-5-2-1-3-6-17)19-9-8-18(10-16(21)22)13-11-25(23,24)12-14(13)19/h13-14H,1-12H2,(H,21,22)/t13-,14+/m1/s1. The van der Waals surface area contributed by atoms with Crippen LogP contribution in [0.3, 0.4) is 0 Å². The number of carbonyl (C=O) groups is 2. The van der Waals surface area contributed by atoms with Gasteiger partial charge in [0.15, 0.2) is 9.84 Å². The summed E-state index contributed by atoms with van der Waals surface area (Å²) in [5.41, 5.74) is 0. The summed E-state index contributed by atoms with van der Waals surface area (Å²) in [4.78, 5) is 29.4. The van der Waals surface area contributed by atoms with Crippen LogP contribution in [0.1, 0.15) is 25.7 Å². The summed E-state index contributed by atoms with van der Waals surface area (Å²) < 4.78 is 24.2. The lowest BCUT2D eigenvalue weighted by Gasteiger charge is -2.43. The molecule has 142 valence electrons. The van der Waals surface area contributed by atoms with Gasteiger partial charge in [0, 0.05) is 32.1 Å². The van der Waals surface area contributed by atoms with Crippen molar-refractivity contribution in [2.45, 2.75) is 37.8 Å². The number of rotatable bonds is 5. The summed E-state index contributed by atoms with van der Waals surface area (Å²) in [7, 11) is -3.24. The van der Waals surface area contributed by atoms with Crippen molar-refractivity contribution in [1.29, 1.82) is 0 Å². The van der Waals surface area contributed by atoms with Gasteiger partial charge < -0.3 is 14.9 Å². The molecule has 3 rings (SSSR count). The zero-order chi connectivity index (χ0) is 18.0. The molecule has 9 heteroatoms. The third-order valence-corrected chi connectivity index (χ3v) is 7.24. The van der Waals surface area contributed by atoms with E-state index < -0.39 is 27.9 Å². The van der Waals surface area contributed by atoms with E-state index in [-0.39, 0.29) is 24.0 Å². The van der Waals surface area contributed by atoms with E-state index in [9.17, 15) is 18.0 Å². The first-order valence-electron chi connectivity index (χ1n) is 9.04. The molecule has 3 fully saturated rings. The summed E-state index contributed by atoms with van der Waals surface area (Å²) in [6, 6.07) is -0.805. The predicted octanol–water partition coefficient (Wildman–Crippen LogP) is -0.743. The summed E-state index contributed by atoms with van der Waals surface area (Å²) in [6.07, 6.45) is 4.00. The van der Waals surface area contributed by atoms with Gasteiger partial charge in [0.05, 0.1) is 24.1 Å². The fourth-order valence-corrected chi connectivity index (χ4v) is 6.30. The monoisotopic (exact) mass is 373 g/mol. The molecule has 2 atom stereocenters. The van der Waals surface area contributed by atoms with Gasteiger partial charge in [0.25, 0.3) is 0 Å². The minimum absolute atomic E-state index is 0.00681. The summed E-state index contributed by atoms with van der Waals surface area (Å²) in [5.74, 6) is -1.08. The Morgan fingerprint density at radius 3 is 2.32 bits per heavy atom. The van der Waals surface area contributed by atoms with Crippen LogP contribution in [0.4, 0.5) is 0 Å². The zero-order valence-corrected chi connectivity index (χ0v) is 15.3. The zero-order valence-electron chi connectivity index (χ0n) is 14.5. The molecule has 3 aliphatic heterocycles. The number of likely N-dealkylation sites (tertiary alicyclic amines) is 1. The van der Waals surface area contributed by atoms with Crippen molar-refractivity contribution in [2.24, 2.45) is 0 Å². The van der Waals surface area contributed by atoms with Gasteiger partial charge in [-0.2, -0.15) is 0 Å². The Morgan fingerprint density at radius 1 is 0.960 bits per heavy atom. The molecule has 1 amide bonds. The predicted molar refractivity (Wildman–Crippen MR) is 92.1 cm³/mol. The minimum Gasteiger partial charge on any atom is -0.480 e. The van der Waals surface area contributed by atoms with Crippen molar-refractivity contribution in [3.05, 3.63) is 0 Å². The fraction of sp³-hybridized carbons (Fsp3) is 0.875. The maximum atomic E-state index is 12.7. The van der Waals surface area contributed by atoms with Crippen molar-refractivity contribution in [3.63, 3.8) is 0 Å². The second kappa shape index (κ2) is 7.59. The van der Waals surface area contributed by atoms with E-state index in [0.29, 0.717) is 19.5 Å². The largest absolute Gasteiger partial charge is 0.480 e. The molecule has 0 saturated carbocycles. The molecule has 0 aromatic heterocycles. The van der Waals surface area contributed by atoms with Crippen LogP contribution in [-0.4, -0.2) is 103 Å². The molecule has 0 radical (unpaired) electrons. The lowest BCUT2D eigenvalue weighted by molar-refractivity contribution is -0.142. The van der Waals surface area contributed by atoms with Crippen LogP contribution < -0.4 is 0 Å². The Morgan fingerprint density at radius 2 is 1.64 bits per heavy atom. The number of aliphatic carboxylic acids is 1.